The molecule has 0 saturated carbocycles. The fraction of sp³-hybridized carbons (Fsp3) is 0.267. The topological polar surface area (TPSA) is 105 Å². The first-order chi connectivity index (χ1) is 11.3. The van der Waals surface area contributed by atoms with E-state index >= 15 is 0 Å². The molecular weight excluding hydrogens is 373 g/mol. The zero-order valence-corrected chi connectivity index (χ0v) is 15.0. The van der Waals surface area contributed by atoms with Crippen LogP contribution in [0.4, 0.5) is 0 Å². The molecular formula is C15H15Cl2N3O3S. The van der Waals surface area contributed by atoms with Gasteiger partial charge in [0, 0.05) is 17.0 Å². The minimum Gasteiger partial charge on any atom is -0.481 e. The third kappa shape index (κ3) is 4.23. The molecule has 9 heteroatoms. The van der Waals surface area contributed by atoms with Gasteiger partial charge in [-0.15, -0.1) is 0 Å². The van der Waals surface area contributed by atoms with Gasteiger partial charge in [-0.1, -0.05) is 47.1 Å². The van der Waals surface area contributed by atoms with E-state index in [2.05, 4.69) is 10.3 Å². The lowest BCUT2D eigenvalue weighted by atomic mass is 9.96. The number of nitrogens with two attached hydrogens (primary N) is 1. The molecule has 1 atom stereocenters. The first-order valence-corrected chi connectivity index (χ1v) is 8.69. The SMILES string of the molecule is CC1=C(C(N)=O)[C@H](c2cccc(Cl)c2Cl)N=C(SCCC(=O)O)N1. The molecule has 2 rings (SSSR count). The van der Waals surface area contributed by atoms with Crippen molar-refractivity contribution in [3.8, 4) is 0 Å². The molecule has 6 nitrogen and oxygen atoms in total. The van der Waals surface area contributed by atoms with E-state index in [0.717, 1.165) is 0 Å². The van der Waals surface area contributed by atoms with Crippen molar-refractivity contribution in [2.24, 2.45) is 10.7 Å². The number of aliphatic carboxylic acids is 1. The van der Waals surface area contributed by atoms with Gasteiger partial charge in [0.1, 0.15) is 6.04 Å². The Labute approximate surface area is 153 Å². The highest BCUT2D eigenvalue weighted by Gasteiger charge is 2.29. The lowest BCUT2D eigenvalue weighted by Crippen LogP contribution is -2.32. The van der Waals surface area contributed by atoms with E-state index in [1.807, 2.05) is 0 Å². The van der Waals surface area contributed by atoms with Crippen molar-refractivity contribution in [3.63, 3.8) is 0 Å². The van der Waals surface area contributed by atoms with E-state index in [0.29, 0.717) is 37.8 Å². The van der Waals surface area contributed by atoms with Crippen molar-refractivity contribution in [1.82, 2.24) is 5.32 Å². The summed E-state index contributed by atoms with van der Waals surface area (Å²) in [5, 5.41) is 12.9. The minimum atomic E-state index is -0.890. The van der Waals surface area contributed by atoms with Gasteiger partial charge in [0.2, 0.25) is 5.91 Å². The largest absolute Gasteiger partial charge is 0.481 e. The smallest absolute Gasteiger partial charge is 0.304 e. The molecule has 0 fully saturated rings. The number of hydrogen-bond acceptors (Lipinski definition) is 5. The molecule has 0 aromatic heterocycles. The van der Waals surface area contributed by atoms with Crippen LogP contribution in [0.25, 0.3) is 0 Å². The van der Waals surface area contributed by atoms with Crippen molar-refractivity contribution in [3.05, 3.63) is 45.1 Å². The summed E-state index contributed by atoms with van der Waals surface area (Å²) >= 11 is 13.6. The standard InChI is InChI=1S/C15H15Cl2N3O3S/c1-7-11(14(18)23)13(8-3-2-4-9(16)12(8)17)20-15(19-7)24-6-5-10(21)22/h2-4,13H,5-6H2,1H3,(H2,18,23)(H,19,20)(H,21,22)/t13-/m0/s1. The number of amides is 1. The van der Waals surface area contributed by atoms with Gasteiger partial charge in [-0.2, -0.15) is 0 Å². The maximum Gasteiger partial charge on any atom is 0.304 e. The average Bonchev–Trinajstić information content (AvgIpc) is 2.48. The monoisotopic (exact) mass is 387 g/mol. The fourth-order valence-corrected chi connectivity index (χ4v) is 3.52. The lowest BCUT2D eigenvalue weighted by Gasteiger charge is -2.26. The number of benzene rings is 1. The van der Waals surface area contributed by atoms with E-state index in [-0.39, 0.29) is 6.42 Å². The normalized spacial score (nSPS) is 17.3. The Bertz CT molecular complexity index is 749. The molecule has 1 aromatic rings. The fourth-order valence-electron chi connectivity index (χ4n) is 2.23. The van der Waals surface area contributed by atoms with Gasteiger partial charge in [-0.25, -0.2) is 4.99 Å². The maximum absolute atomic E-state index is 11.8. The Morgan fingerprint density at radius 1 is 1.42 bits per heavy atom. The van der Waals surface area contributed by atoms with Gasteiger partial charge >= 0.3 is 5.97 Å². The zero-order chi connectivity index (χ0) is 17.9. The quantitative estimate of drug-likeness (QED) is 0.719. The Hall–Kier alpha value is -1.70. The summed E-state index contributed by atoms with van der Waals surface area (Å²) in [4.78, 5) is 27.0. The summed E-state index contributed by atoms with van der Waals surface area (Å²) in [6.45, 7) is 1.71. The molecule has 0 saturated heterocycles. The average molecular weight is 388 g/mol. The molecule has 1 aromatic carbocycles. The minimum absolute atomic E-state index is 0.000602. The van der Waals surface area contributed by atoms with Crippen molar-refractivity contribution >= 4 is 52.0 Å². The number of carboxylic acids is 1. The Morgan fingerprint density at radius 2 is 2.12 bits per heavy atom. The number of nitrogens with zero attached hydrogens (tertiary/aromatic N) is 1. The van der Waals surface area contributed by atoms with Crippen molar-refractivity contribution in [2.45, 2.75) is 19.4 Å². The number of carbonyl (C=O) groups excluding carboxylic acids is 1. The van der Waals surface area contributed by atoms with Crippen LogP contribution in [0.1, 0.15) is 24.9 Å². The molecule has 24 heavy (non-hydrogen) atoms. The van der Waals surface area contributed by atoms with E-state index in [1.165, 1.54) is 11.8 Å². The number of amidine groups is 1. The van der Waals surface area contributed by atoms with Crippen molar-refractivity contribution in [2.75, 3.05) is 5.75 Å². The number of hydrogen-bond donors (Lipinski definition) is 3. The molecule has 1 aliphatic rings. The van der Waals surface area contributed by atoms with Gasteiger partial charge in [-0.3, -0.25) is 9.59 Å². The summed E-state index contributed by atoms with van der Waals surface area (Å²) in [5.74, 6) is -1.16. The number of primary amides is 1. The Balaban J connectivity index is 2.39. The molecule has 0 aliphatic carbocycles. The summed E-state index contributed by atoms with van der Waals surface area (Å²) in [5.41, 5.74) is 6.90. The van der Waals surface area contributed by atoms with E-state index < -0.39 is 17.9 Å². The molecule has 1 aliphatic heterocycles. The van der Waals surface area contributed by atoms with Crippen LogP contribution in [0.3, 0.4) is 0 Å². The van der Waals surface area contributed by atoms with Crippen LogP contribution in [-0.2, 0) is 9.59 Å². The van der Waals surface area contributed by atoms with Gasteiger partial charge in [0.25, 0.3) is 0 Å². The number of halogens is 2. The van der Waals surface area contributed by atoms with Crippen molar-refractivity contribution in [1.29, 1.82) is 0 Å². The van der Waals surface area contributed by atoms with Gasteiger partial charge in [0.05, 0.1) is 22.0 Å². The predicted octanol–water partition coefficient (Wildman–Crippen LogP) is 2.96. The van der Waals surface area contributed by atoms with Crippen LogP contribution in [0.15, 0.2) is 34.5 Å². The second-order valence-electron chi connectivity index (χ2n) is 5.00. The highest BCUT2D eigenvalue weighted by Crippen LogP contribution is 2.38. The van der Waals surface area contributed by atoms with Crippen LogP contribution in [0.5, 0.6) is 0 Å². The lowest BCUT2D eigenvalue weighted by molar-refractivity contribution is -0.136. The van der Waals surface area contributed by atoms with Crippen LogP contribution in [0, 0.1) is 0 Å². The number of thioether (sulfide) groups is 1. The molecule has 1 heterocycles. The Morgan fingerprint density at radius 3 is 2.75 bits per heavy atom. The van der Waals surface area contributed by atoms with Gasteiger partial charge in [-0.05, 0) is 13.0 Å². The summed E-state index contributed by atoms with van der Waals surface area (Å²) < 4.78 is 0. The second-order valence-corrected chi connectivity index (χ2v) is 6.87. The Kier molecular flexibility index (Phi) is 6.15. The van der Waals surface area contributed by atoms with Crippen LogP contribution in [-0.4, -0.2) is 27.9 Å². The number of carboxylic acid groups (broad SMARTS) is 1. The molecule has 0 spiro atoms. The molecule has 0 radical (unpaired) electrons. The number of aliphatic imine (C=N–C) groups is 1. The molecule has 0 unspecified atom stereocenters. The van der Waals surface area contributed by atoms with Crippen LogP contribution >= 0.6 is 35.0 Å². The molecule has 1 amide bonds. The molecule has 0 bridgehead atoms. The van der Waals surface area contributed by atoms with Crippen molar-refractivity contribution < 1.29 is 14.7 Å². The van der Waals surface area contributed by atoms with E-state index in [1.54, 1.807) is 25.1 Å². The van der Waals surface area contributed by atoms with E-state index in [4.69, 9.17) is 34.0 Å². The summed E-state index contributed by atoms with van der Waals surface area (Å²) in [7, 11) is 0. The zero-order valence-electron chi connectivity index (χ0n) is 12.7. The number of carbonyl (C=O) groups is 2. The number of allylic oxidation sites excluding steroid dienone is 1. The third-order valence-electron chi connectivity index (χ3n) is 3.31. The first-order valence-electron chi connectivity index (χ1n) is 6.95. The summed E-state index contributed by atoms with van der Waals surface area (Å²) in [6, 6.07) is 4.39. The number of rotatable bonds is 5. The maximum atomic E-state index is 11.8. The summed E-state index contributed by atoms with van der Waals surface area (Å²) in [6.07, 6.45) is -0.000602. The first kappa shape index (κ1) is 18.6. The molecule has 128 valence electrons. The van der Waals surface area contributed by atoms with Gasteiger partial charge < -0.3 is 16.2 Å². The highest BCUT2D eigenvalue weighted by molar-refractivity contribution is 8.13. The van der Waals surface area contributed by atoms with E-state index in [9.17, 15) is 9.59 Å². The van der Waals surface area contributed by atoms with Crippen LogP contribution < -0.4 is 11.1 Å². The van der Waals surface area contributed by atoms with Gasteiger partial charge in [0.15, 0.2) is 5.17 Å². The highest BCUT2D eigenvalue weighted by atomic mass is 35.5. The number of nitrogens with one attached hydrogen (secondary N) is 1. The predicted molar refractivity (Wildman–Crippen MR) is 96.4 cm³/mol. The third-order valence-corrected chi connectivity index (χ3v) is 5.04. The molecule has 4 N–H and O–H groups in total. The second kappa shape index (κ2) is 7.92. The van der Waals surface area contributed by atoms with Crippen LogP contribution in [0.2, 0.25) is 10.0 Å².